The summed E-state index contributed by atoms with van der Waals surface area (Å²) in [6.07, 6.45) is 10.1. The molecule has 3 aliphatic heterocycles. The molecule has 0 spiro atoms. The van der Waals surface area contributed by atoms with Crippen LogP contribution in [0.5, 0.6) is 0 Å². The van der Waals surface area contributed by atoms with Crippen molar-refractivity contribution in [2.24, 2.45) is 11.1 Å². The van der Waals surface area contributed by atoms with Gasteiger partial charge in [-0.15, -0.1) is 0 Å². The summed E-state index contributed by atoms with van der Waals surface area (Å²) in [7, 11) is 0. The van der Waals surface area contributed by atoms with Crippen molar-refractivity contribution in [1.82, 2.24) is 9.80 Å². The molecule has 1 saturated heterocycles. The lowest BCUT2D eigenvalue weighted by atomic mass is 9.84. The third-order valence-electron chi connectivity index (χ3n) is 6.90. The van der Waals surface area contributed by atoms with E-state index in [0.717, 1.165) is 50.7 Å². The molecule has 6 nitrogen and oxygen atoms in total. The maximum atomic E-state index is 11.7. The predicted octanol–water partition coefficient (Wildman–Crippen LogP) is 3.38. The number of anilines is 1. The number of rotatable bonds is 3. The minimum absolute atomic E-state index is 0. The van der Waals surface area contributed by atoms with E-state index in [9.17, 15) is 4.79 Å². The Balaban J connectivity index is 0.00000231. The van der Waals surface area contributed by atoms with Crippen molar-refractivity contribution in [3.63, 3.8) is 0 Å². The molecule has 4 aliphatic rings. The fourth-order valence-corrected chi connectivity index (χ4v) is 4.97. The highest BCUT2D eigenvalue weighted by molar-refractivity contribution is 5.94. The standard InChI is InChI=1S/C24H30N4O2.H2/c1-17-15-22(29)25-21-7-6-18(16-19(17)21)8-10-27-11-13-28(14-12-27)23-20-5-3-4-9-24(20,2)30-26-23;/h3-7,9,16-17,20H,8,10-15H2,1-2H3,(H,25,29);1H. The van der Waals surface area contributed by atoms with Gasteiger partial charge in [-0.25, -0.2) is 0 Å². The summed E-state index contributed by atoms with van der Waals surface area (Å²) in [5, 5.41) is 7.43. The number of hydrogen-bond acceptors (Lipinski definition) is 5. The lowest BCUT2D eigenvalue weighted by molar-refractivity contribution is -0.116. The zero-order valence-electron chi connectivity index (χ0n) is 17.8. The Labute approximate surface area is 179 Å². The number of amidine groups is 1. The van der Waals surface area contributed by atoms with Crippen molar-refractivity contribution in [2.75, 3.05) is 38.0 Å². The molecule has 3 atom stereocenters. The van der Waals surface area contributed by atoms with Crippen molar-refractivity contribution < 1.29 is 11.1 Å². The Morgan fingerprint density at radius 2 is 2.10 bits per heavy atom. The number of oxime groups is 1. The van der Waals surface area contributed by atoms with E-state index in [0.29, 0.717) is 12.3 Å². The van der Waals surface area contributed by atoms with Gasteiger partial charge >= 0.3 is 0 Å². The smallest absolute Gasteiger partial charge is 0.224 e. The average molecular weight is 409 g/mol. The number of nitrogens with one attached hydrogen (secondary N) is 1. The Morgan fingerprint density at radius 1 is 1.27 bits per heavy atom. The second kappa shape index (κ2) is 7.58. The number of nitrogens with zero attached hydrogens (tertiary/aromatic N) is 3. The predicted molar refractivity (Wildman–Crippen MR) is 121 cm³/mol. The van der Waals surface area contributed by atoms with Gasteiger partial charge in [0.1, 0.15) is 0 Å². The third-order valence-corrected chi connectivity index (χ3v) is 6.90. The summed E-state index contributed by atoms with van der Waals surface area (Å²) in [5.74, 6) is 1.70. The van der Waals surface area contributed by atoms with Crippen LogP contribution in [0.2, 0.25) is 0 Å². The number of hydrogen-bond donors (Lipinski definition) is 1. The van der Waals surface area contributed by atoms with Gasteiger partial charge in [-0.2, -0.15) is 0 Å². The number of fused-ring (bicyclic) bond motifs is 2. The van der Waals surface area contributed by atoms with E-state index in [1.54, 1.807) is 0 Å². The first-order valence-corrected chi connectivity index (χ1v) is 11.0. The highest BCUT2D eigenvalue weighted by atomic mass is 16.7. The number of carbonyl (C=O) groups is 1. The Morgan fingerprint density at radius 3 is 2.93 bits per heavy atom. The summed E-state index contributed by atoms with van der Waals surface area (Å²) < 4.78 is 0. The average Bonchev–Trinajstić information content (AvgIpc) is 3.10. The van der Waals surface area contributed by atoms with E-state index < -0.39 is 0 Å². The van der Waals surface area contributed by atoms with Crippen molar-refractivity contribution in [3.05, 3.63) is 53.6 Å². The summed E-state index contributed by atoms with van der Waals surface area (Å²) in [6.45, 7) is 9.35. The maximum Gasteiger partial charge on any atom is 0.224 e. The van der Waals surface area contributed by atoms with Crippen molar-refractivity contribution >= 4 is 17.4 Å². The van der Waals surface area contributed by atoms with Crippen LogP contribution in [0.3, 0.4) is 0 Å². The second-order valence-corrected chi connectivity index (χ2v) is 9.10. The molecule has 0 saturated carbocycles. The van der Waals surface area contributed by atoms with Gasteiger partial charge in [-0.3, -0.25) is 9.69 Å². The van der Waals surface area contributed by atoms with E-state index in [4.69, 9.17) is 4.84 Å². The molecule has 0 radical (unpaired) electrons. The molecule has 1 aromatic carbocycles. The largest absolute Gasteiger partial charge is 0.383 e. The van der Waals surface area contributed by atoms with Gasteiger partial charge in [-0.1, -0.05) is 42.4 Å². The topological polar surface area (TPSA) is 57.2 Å². The van der Waals surface area contributed by atoms with Gasteiger partial charge in [0, 0.05) is 46.3 Å². The Hall–Kier alpha value is -2.60. The van der Waals surface area contributed by atoms with Gasteiger partial charge in [0.15, 0.2) is 11.4 Å². The lowest BCUT2D eigenvalue weighted by Crippen LogP contribution is -2.51. The number of benzene rings is 1. The summed E-state index contributed by atoms with van der Waals surface area (Å²) >= 11 is 0. The second-order valence-electron chi connectivity index (χ2n) is 9.10. The summed E-state index contributed by atoms with van der Waals surface area (Å²) in [4.78, 5) is 22.4. The van der Waals surface area contributed by atoms with Crippen LogP contribution >= 0.6 is 0 Å². The van der Waals surface area contributed by atoms with Crippen molar-refractivity contribution in [3.8, 4) is 0 Å². The monoisotopic (exact) mass is 408 g/mol. The highest BCUT2D eigenvalue weighted by Crippen LogP contribution is 2.36. The molecular weight excluding hydrogens is 376 g/mol. The molecule has 3 unspecified atom stereocenters. The van der Waals surface area contributed by atoms with Gasteiger partial charge in [0.05, 0.1) is 5.92 Å². The van der Waals surface area contributed by atoms with Crippen LogP contribution < -0.4 is 5.32 Å². The molecule has 1 aromatic rings. The summed E-state index contributed by atoms with van der Waals surface area (Å²) in [5.41, 5.74) is 3.27. The third kappa shape index (κ3) is 3.54. The molecular formula is C24H32N4O2. The Kier molecular flexibility index (Phi) is 4.89. The quantitative estimate of drug-likeness (QED) is 0.833. The first-order chi connectivity index (χ1) is 14.5. The normalized spacial score (nSPS) is 30.4. The Bertz CT molecular complexity index is 936. The van der Waals surface area contributed by atoms with Crippen LogP contribution in [0.15, 0.2) is 47.7 Å². The number of piperazine rings is 1. The van der Waals surface area contributed by atoms with Crippen LogP contribution in [0.25, 0.3) is 0 Å². The number of allylic oxidation sites excluding steroid dienone is 2. The fourth-order valence-electron chi connectivity index (χ4n) is 4.97. The molecule has 6 heteroatoms. The van der Waals surface area contributed by atoms with E-state index >= 15 is 0 Å². The SMILES string of the molecule is CC1CC(=O)Nc2ccc(CCN3CCN(C4=NOC5(C)C=CC=CC45)CC3)cc21.[HH]. The van der Waals surface area contributed by atoms with Crippen LogP contribution in [0.1, 0.15) is 38.7 Å². The molecule has 30 heavy (non-hydrogen) atoms. The summed E-state index contributed by atoms with van der Waals surface area (Å²) in [6, 6.07) is 6.50. The molecule has 3 heterocycles. The molecule has 1 aliphatic carbocycles. The molecule has 1 fully saturated rings. The minimum atomic E-state index is -0.329. The molecule has 0 bridgehead atoms. The van der Waals surface area contributed by atoms with Gasteiger partial charge < -0.3 is 15.1 Å². The first kappa shape index (κ1) is 19.4. The van der Waals surface area contributed by atoms with Crippen molar-refractivity contribution in [2.45, 2.75) is 38.2 Å². The van der Waals surface area contributed by atoms with E-state index in [1.165, 1.54) is 11.1 Å². The molecule has 1 amide bonds. The zero-order chi connectivity index (χ0) is 20.7. The van der Waals surface area contributed by atoms with Crippen molar-refractivity contribution in [1.29, 1.82) is 0 Å². The lowest BCUT2D eigenvalue weighted by Gasteiger charge is -2.37. The molecule has 0 aromatic heterocycles. The van der Waals surface area contributed by atoms with E-state index in [-0.39, 0.29) is 18.9 Å². The van der Waals surface area contributed by atoms with Crippen LogP contribution in [0.4, 0.5) is 5.69 Å². The van der Waals surface area contributed by atoms with E-state index in [2.05, 4.69) is 70.5 Å². The number of carbonyl (C=O) groups excluding carboxylic acids is 1. The molecule has 160 valence electrons. The van der Waals surface area contributed by atoms with E-state index in [1.807, 2.05) is 6.08 Å². The molecule has 1 N–H and O–H groups in total. The zero-order valence-corrected chi connectivity index (χ0v) is 17.8. The van der Waals surface area contributed by atoms with Crippen LogP contribution in [0, 0.1) is 5.92 Å². The van der Waals surface area contributed by atoms with Crippen LogP contribution in [-0.2, 0) is 16.1 Å². The fraction of sp³-hybridized carbons (Fsp3) is 0.500. The maximum absolute atomic E-state index is 11.7. The number of amides is 1. The van der Waals surface area contributed by atoms with Crippen LogP contribution in [-0.4, -0.2) is 59.9 Å². The van der Waals surface area contributed by atoms with Gasteiger partial charge in [0.2, 0.25) is 5.91 Å². The highest BCUT2D eigenvalue weighted by Gasteiger charge is 2.45. The minimum Gasteiger partial charge on any atom is -0.383 e. The molecule has 5 rings (SSSR count). The first-order valence-electron chi connectivity index (χ1n) is 11.0. The van der Waals surface area contributed by atoms with Gasteiger partial charge in [0.25, 0.3) is 0 Å². The van der Waals surface area contributed by atoms with Gasteiger partial charge in [-0.05, 0) is 42.5 Å².